The minimum Gasteiger partial charge on any atom is -0.497 e. The van der Waals surface area contributed by atoms with Crippen molar-refractivity contribution >= 4 is 33.7 Å². The van der Waals surface area contributed by atoms with E-state index >= 15 is 4.79 Å². The smallest absolute Gasteiger partial charge is 0.263 e. The second-order valence-corrected chi connectivity index (χ2v) is 17.4. The van der Waals surface area contributed by atoms with Crippen molar-refractivity contribution in [1.82, 2.24) is 19.1 Å². The van der Waals surface area contributed by atoms with Crippen LogP contribution in [-0.4, -0.2) is 75.0 Å². The Morgan fingerprint density at radius 1 is 0.979 bits per heavy atom. The lowest BCUT2D eigenvalue weighted by Gasteiger charge is -2.45. The summed E-state index contributed by atoms with van der Waals surface area (Å²) in [5, 5.41) is 1.000. The van der Waals surface area contributed by atoms with Crippen LogP contribution in [0.3, 0.4) is 0 Å². The second kappa shape index (κ2) is 12.0. The number of ether oxygens (including phenoxy) is 1. The van der Waals surface area contributed by atoms with E-state index in [1.807, 2.05) is 26.0 Å². The van der Waals surface area contributed by atoms with Gasteiger partial charge in [-0.15, -0.1) is 0 Å². The van der Waals surface area contributed by atoms with Gasteiger partial charge in [0.2, 0.25) is 5.91 Å². The highest BCUT2D eigenvalue weighted by Gasteiger charge is 2.65. The van der Waals surface area contributed by atoms with Gasteiger partial charge in [-0.2, -0.15) is 0 Å². The number of carbonyl (C=O) groups excluding carboxylic acids is 2. The number of likely N-dealkylation sites (tertiary alicyclic amines) is 2. The molecule has 4 heterocycles. The van der Waals surface area contributed by atoms with Crippen molar-refractivity contribution in [3.05, 3.63) is 53.1 Å². The molecule has 2 saturated carbocycles. The number of carbonyl (C=O) groups is 2. The molecule has 1 spiro atoms. The fraction of sp³-hybridized carbons (Fsp3) is 0.590. The molecule has 2 amide bonds. The summed E-state index contributed by atoms with van der Waals surface area (Å²) in [6, 6.07) is 12.5. The highest BCUT2D eigenvalue weighted by Crippen LogP contribution is 2.67. The number of rotatable bonds is 6. The zero-order chi connectivity index (χ0) is 33.4. The third kappa shape index (κ3) is 5.05. The number of hydrogen-bond donors (Lipinski definition) is 1. The monoisotopic (exact) mass is 670 g/mol. The molecule has 1 N–H and O–H groups in total. The summed E-state index contributed by atoms with van der Waals surface area (Å²) in [7, 11) is 2.45. The minimum atomic E-state index is -1.47. The molecule has 8 rings (SSSR count). The number of amides is 2. The normalized spacial score (nSPS) is 25.8. The Morgan fingerprint density at radius 2 is 1.75 bits per heavy atom. The van der Waals surface area contributed by atoms with Gasteiger partial charge in [0.1, 0.15) is 16.7 Å². The molecule has 3 unspecified atom stereocenters. The Hall–Kier alpha value is -3.17. The van der Waals surface area contributed by atoms with Gasteiger partial charge in [-0.3, -0.25) is 14.3 Å². The predicted octanol–water partition coefficient (Wildman–Crippen LogP) is 6.74. The van der Waals surface area contributed by atoms with Gasteiger partial charge in [-0.25, -0.2) is 4.21 Å². The highest BCUT2D eigenvalue weighted by molar-refractivity contribution is 7.84. The number of nitrogens with zero attached hydrogens (tertiary/aromatic N) is 3. The maximum absolute atomic E-state index is 15.2. The molecule has 3 aliphatic heterocycles. The number of nitrogens with one attached hydrogen (secondary N) is 1. The molecule has 2 aromatic carbocycles. The number of hydrogen-bond acceptors (Lipinski definition) is 5. The first-order chi connectivity index (χ1) is 23.2. The molecule has 9 heteroatoms. The van der Waals surface area contributed by atoms with E-state index in [-0.39, 0.29) is 22.6 Å². The van der Waals surface area contributed by atoms with E-state index in [9.17, 15) is 9.00 Å². The molecule has 1 aromatic heterocycles. The Labute approximate surface area is 287 Å². The van der Waals surface area contributed by atoms with Crippen LogP contribution in [0.2, 0.25) is 0 Å². The lowest BCUT2D eigenvalue weighted by atomic mass is 9.81. The van der Waals surface area contributed by atoms with Crippen LogP contribution < -0.4 is 9.46 Å². The summed E-state index contributed by atoms with van der Waals surface area (Å²) < 4.78 is 23.5. The summed E-state index contributed by atoms with van der Waals surface area (Å²) in [4.78, 5) is 33.4. The van der Waals surface area contributed by atoms with Gasteiger partial charge in [0.25, 0.3) is 5.91 Å². The van der Waals surface area contributed by atoms with Crippen molar-refractivity contribution in [3.8, 4) is 17.0 Å². The molecule has 0 radical (unpaired) electrons. The van der Waals surface area contributed by atoms with E-state index in [4.69, 9.17) is 4.74 Å². The molecule has 3 atom stereocenters. The summed E-state index contributed by atoms with van der Waals surface area (Å²) >= 11 is 0. The first-order valence-corrected chi connectivity index (χ1v) is 19.4. The quantitative estimate of drug-likeness (QED) is 0.314. The maximum Gasteiger partial charge on any atom is 0.263 e. The molecule has 4 fully saturated rings. The summed E-state index contributed by atoms with van der Waals surface area (Å²) in [6.45, 7) is 7.18. The Bertz CT molecular complexity index is 1800. The van der Waals surface area contributed by atoms with Gasteiger partial charge >= 0.3 is 0 Å². The van der Waals surface area contributed by atoms with Crippen molar-refractivity contribution < 1.29 is 18.5 Å². The molecule has 5 aliphatic rings. The largest absolute Gasteiger partial charge is 0.497 e. The van der Waals surface area contributed by atoms with E-state index in [0.717, 1.165) is 75.8 Å². The van der Waals surface area contributed by atoms with Crippen LogP contribution in [0, 0.1) is 5.41 Å². The summed E-state index contributed by atoms with van der Waals surface area (Å²) in [5.41, 5.74) is 5.93. The van der Waals surface area contributed by atoms with Crippen molar-refractivity contribution in [1.29, 1.82) is 0 Å². The van der Waals surface area contributed by atoms with Crippen molar-refractivity contribution in [2.75, 3.05) is 33.8 Å². The summed E-state index contributed by atoms with van der Waals surface area (Å²) in [6.07, 6.45) is 11.1. The highest BCUT2D eigenvalue weighted by atomic mass is 32.2. The SMILES string of the molecule is COc1ccc2c(c1)C1CC1(C(=O)N1CCCC13CCN(C)CC3)Cn1c-2c(C2CCCCC2)c2ccc(C(=O)NS(=O)C(C)C)cc21. The van der Waals surface area contributed by atoms with E-state index in [1.165, 1.54) is 47.0 Å². The average Bonchev–Trinajstić information content (AvgIpc) is 3.59. The number of methoxy groups -OCH3 is 1. The lowest BCUT2D eigenvalue weighted by Crippen LogP contribution is -2.55. The van der Waals surface area contributed by atoms with Gasteiger partial charge < -0.3 is 19.1 Å². The van der Waals surface area contributed by atoms with Gasteiger partial charge in [0, 0.05) is 64.9 Å². The number of benzene rings is 2. The molecule has 8 nitrogen and oxygen atoms in total. The third-order valence-corrected chi connectivity index (χ3v) is 13.8. The van der Waals surface area contributed by atoms with Gasteiger partial charge in [0.05, 0.1) is 18.2 Å². The van der Waals surface area contributed by atoms with Crippen molar-refractivity contribution in [2.45, 2.75) is 107 Å². The van der Waals surface area contributed by atoms with Crippen LogP contribution in [-0.2, 0) is 22.3 Å². The maximum atomic E-state index is 15.2. The fourth-order valence-electron chi connectivity index (χ4n) is 9.77. The van der Waals surface area contributed by atoms with Crippen LogP contribution in [0.4, 0.5) is 0 Å². The van der Waals surface area contributed by atoms with Crippen LogP contribution >= 0.6 is 0 Å². The standard InChI is InChI=1S/C39H50N4O4S/c1-25(2)48(46)40-36(44)27-11-13-30-33(21-27)42-24-39(37(45)43-18-8-15-38(43)16-19-41(3)20-17-38)23-32(39)31-22-28(47-4)12-14-29(31)35(42)34(30)26-9-6-5-7-10-26/h11-14,21-22,25-26,32H,5-10,15-20,23-24H2,1-4H3,(H,40,44). The third-order valence-electron chi connectivity index (χ3n) is 12.6. The van der Waals surface area contributed by atoms with E-state index in [1.54, 1.807) is 7.11 Å². The van der Waals surface area contributed by atoms with Crippen LogP contribution in [0.25, 0.3) is 22.2 Å². The first-order valence-electron chi connectivity index (χ1n) is 18.2. The number of fused-ring (bicyclic) bond motifs is 7. The molecule has 256 valence electrons. The zero-order valence-corrected chi connectivity index (χ0v) is 29.8. The Morgan fingerprint density at radius 3 is 2.48 bits per heavy atom. The molecule has 0 bridgehead atoms. The molecule has 2 aliphatic carbocycles. The van der Waals surface area contributed by atoms with Gasteiger partial charge in [0.15, 0.2) is 0 Å². The molecular weight excluding hydrogens is 621 g/mol. The van der Waals surface area contributed by atoms with Gasteiger partial charge in [-0.1, -0.05) is 25.3 Å². The topological polar surface area (TPSA) is 83.9 Å². The van der Waals surface area contributed by atoms with Gasteiger partial charge in [-0.05, 0) is 113 Å². The lowest BCUT2D eigenvalue weighted by molar-refractivity contribution is -0.143. The minimum absolute atomic E-state index is 0.0405. The van der Waals surface area contributed by atoms with E-state index in [2.05, 4.69) is 50.4 Å². The van der Waals surface area contributed by atoms with E-state index < -0.39 is 16.4 Å². The molecule has 2 saturated heterocycles. The van der Waals surface area contributed by atoms with Crippen LogP contribution in [0.5, 0.6) is 5.75 Å². The summed E-state index contributed by atoms with van der Waals surface area (Å²) in [5.74, 6) is 1.36. The first kappa shape index (κ1) is 32.1. The Balaban J connectivity index is 1.30. The molecular formula is C39H50N4O4S. The van der Waals surface area contributed by atoms with Crippen LogP contribution in [0.1, 0.15) is 111 Å². The Kier molecular flexibility index (Phi) is 8.02. The van der Waals surface area contributed by atoms with E-state index in [0.29, 0.717) is 23.9 Å². The average molecular weight is 671 g/mol. The molecule has 48 heavy (non-hydrogen) atoms. The van der Waals surface area contributed by atoms with Crippen LogP contribution in [0.15, 0.2) is 36.4 Å². The second-order valence-electron chi connectivity index (χ2n) is 15.6. The fourth-order valence-corrected chi connectivity index (χ4v) is 10.3. The predicted molar refractivity (Wildman–Crippen MR) is 191 cm³/mol. The molecule has 3 aromatic rings. The van der Waals surface area contributed by atoms with Crippen molar-refractivity contribution in [3.63, 3.8) is 0 Å². The number of piperidine rings is 1. The number of aromatic nitrogens is 1. The van der Waals surface area contributed by atoms with Crippen molar-refractivity contribution in [2.24, 2.45) is 5.41 Å². The zero-order valence-electron chi connectivity index (χ0n) is 29.0.